The third kappa shape index (κ3) is 5.14. The van der Waals surface area contributed by atoms with Crippen LogP contribution in [0.4, 0.5) is 21.9 Å². The predicted molar refractivity (Wildman–Crippen MR) is 103 cm³/mol. The first kappa shape index (κ1) is 18.6. The standard InChI is InChI=1S/C16H15IN4O4/c1-2-18-16(23)20-11-5-3-4-10(8-11)19-15(22)13-7-6-12(21(24)25)9-14(13)17/h3-9H,2H2,1H3,(H,19,22)(H2,18,20,23). The predicted octanol–water partition coefficient (Wildman–Crippen LogP) is 3.59. The molecule has 2 rings (SSSR count). The number of urea groups is 1. The van der Waals surface area contributed by atoms with Crippen molar-refractivity contribution in [2.24, 2.45) is 0 Å². The largest absolute Gasteiger partial charge is 0.338 e. The molecule has 2 aromatic carbocycles. The van der Waals surface area contributed by atoms with E-state index in [9.17, 15) is 19.7 Å². The topological polar surface area (TPSA) is 113 Å². The van der Waals surface area contributed by atoms with Crippen molar-refractivity contribution in [3.63, 3.8) is 0 Å². The molecule has 0 bridgehead atoms. The summed E-state index contributed by atoms with van der Waals surface area (Å²) in [7, 11) is 0. The van der Waals surface area contributed by atoms with Crippen molar-refractivity contribution in [1.82, 2.24) is 5.32 Å². The minimum Gasteiger partial charge on any atom is -0.338 e. The number of nitro groups is 1. The number of hydrogen-bond acceptors (Lipinski definition) is 4. The smallest absolute Gasteiger partial charge is 0.319 e. The number of non-ortho nitro benzene ring substituents is 1. The molecular weight excluding hydrogens is 439 g/mol. The van der Waals surface area contributed by atoms with E-state index in [-0.39, 0.29) is 11.7 Å². The molecule has 8 nitrogen and oxygen atoms in total. The lowest BCUT2D eigenvalue weighted by atomic mass is 10.2. The monoisotopic (exact) mass is 454 g/mol. The van der Waals surface area contributed by atoms with Crippen molar-refractivity contribution < 1.29 is 14.5 Å². The van der Waals surface area contributed by atoms with E-state index >= 15 is 0 Å². The lowest BCUT2D eigenvalue weighted by Gasteiger charge is -2.10. The van der Waals surface area contributed by atoms with Gasteiger partial charge in [-0.05, 0) is 53.8 Å². The molecule has 0 atom stereocenters. The first-order valence-electron chi connectivity index (χ1n) is 7.31. The zero-order valence-corrected chi connectivity index (χ0v) is 15.4. The first-order chi connectivity index (χ1) is 11.9. The van der Waals surface area contributed by atoms with Crippen LogP contribution in [-0.2, 0) is 0 Å². The van der Waals surface area contributed by atoms with Crippen LogP contribution in [0.3, 0.4) is 0 Å². The SMILES string of the molecule is CCNC(=O)Nc1cccc(NC(=O)c2ccc([N+](=O)[O-])cc2I)c1. The van der Waals surface area contributed by atoms with Crippen molar-refractivity contribution in [3.8, 4) is 0 Å². The van der Waals surface area contributed by atoms with Crippen LogP contribution in [0.5, 0.6) is 0 Å². The summed E-state index contributed by atoms with van der Waals surface area (Å²) in [5.41, 5.74) is 1.28. The number of nitrogens with zero attached hydrogens (tertiary/aromatic N) is 1. The van der Waals surface area contributed by atoms with E-state index in [1.165, 1.54) is 18.2 Å². The second-order valence-corrected chi connectivity index (χ2v) is 6.10. The third-order valence-corrected chi connectivity index (χ3v) is 4.02. The fraction of sp³-hybridized carbons (Fsp3) is 0.125. The molecule has 0 spiro atoms. The highest BCUT2D eigenvalue weighted by molar-refractivity contribution is 14.1. The molecule has 0 aliphatic heterocycles. The molecule has 0 saturated carbocycles. The van der Waals surface area contributed by atoms with Gasteiger partial charge in [-0.25, -0.2) is 4.79 Å². The Kier molecular flexibility index (Phi) is 6.28. The average molecular weight is 454 g/mol. The van der Waals surface area contributed by atoms with Crippen LogP contribution in [0.1, 0.15) is 17.3 Å². The number of nitro benzene ring substituents is 1. The number of carbonyl (C=O) groups is 2. The Hall–Kier alpha value is -2.69. The van der Waals surface area contributed by atoms with Gasteiger partial charge >= 0.3 is 6.03 Å². The Bertz CT molecular complexity index is 826. The van der Waals surface area contributed by atoms with Gasteiger partial charge in [-0.1, -0.05) is 6.07 Å². The Labute approximate surface area is 157 Å². The zero-order valence-electron chi connectivity index (χ0n) is 13.2. The van der Waals surface area contributed by atoms with Gasteiger partial charge in [0.05, 0.1) is 10.5 Å². The first-order valence-corrected chi connectivity index (χ1v) is 8.38. The Morgan fingerprint density at radius 1 is 1.12 bits per heavy atom. The quantitative estimate of drug-likeness (QED) is 0.364. The van der Waals surface area contributed by atoms with Crippen LogP contribution in [0, 0.1) is 13.7 Å². The highest BCUT2D eigenvalue weighted by Gasteiger charge is 2.15. The lowest BCUT2D eigenvalue weighted by molar-refractivity contribution is -0.384. The van der Waals surface area contributed by atoms with Crippen molar-refractivity contribution in [2.75, 3.05) is 17.2 Å². The van der Waals surface area contributed by atoms with Gasteiger partial charge < -0.3 is 16.0 Å². The van der Waals surface area contributed by atoms with E-state index in [1.54, 1.807) is 24.3 Å². The summed E-state index contributed by atoms with van der Waals surface area (Å²) in [6.45, 7) is 2.31. The molecule has 3 N–H and O–H groups in total. The zero-order chi connectivity index (χ0) is 18.4. The number of amides is 3. The lowest BCUT2D eigenvalue weighted by Crippen LogP contribution is -2.28. The Balaban J connectivity index is 2.13. The molecule has 0 unspecified atom stereocenters. The van der Waals surface area contributed by atoms with E-state index in [2.05, 4.69) is 16.0 Å². The molecule has 0 heterocycles. The van der Waals surface area contributed by atoms with Crippen LogP contribution in [0.15, 0.2) is 42.5 Å². The maximum Gasteiger partial charge on any atom is 0.319 e. The molecular formula is C16H15IN4O4. The molecule has 0 aliphatic carbocycles. The van der Waals surface area contributed by atoms with Crippen LogP contribution in [0.2, 0.25) is 0 Å². The minimum atomic E-state index is -0.514. The summed E-state index contributed by atoms with van der Waals surface area (Å²) in [6, 6.07) is 10.4. The van der Waals surface area contributed by atoms with E-state index in [0.29, 0.717) is 27.1 Å². The molecule has 0 saturated heterocycles. The van der Waals surface area contributed by atoms with Crippen LogP contribution in [0.25, 0.3) is 0 Å². The fourth-order valence-corrected chi connectivity index (χ4v) is 2.75. The van der Waals surface area contributed by atoms with E-state index in [4.69, 9.17) is 0 Å². The molecule has 2 aromatic rings. The number of rotatable bonds is 5. The van der Waals surface area contributed by atoms with Crippen LogP contribution < -0.4 is 16.0 Å². The minimum absolute atomic E-state index is 0.0749. The summed E-state index contributed by atoms with van der Waals surface area (Å²) < 4.78 is 0.473. The number of hydrogen-bond donors (Lipinski definition) is 3. The van der Waals surface area contributed by atoms with Gasteiger partial charge in [0.25, 0.3) is 11.6 Å². The second kappa shape index (κ2) is 8.42. The van der Waals surface area contributed by atoms with Crippen molar-refractivity contribution >= 4 is 51.6 Å². The summed E-state index contributed by atoms with van der Waals surface area (Å²) in [4.78, 5) is 34.1. The van der Waals surface area contributed by atoms with Gasteiger partial charge in [-0.15, -0.1) is 0 Å². The van der Waals surface area contributed by atoms with Crippen molar-refractivity contribution in [1.29, 1.82) is 0 Å². The highest BCUT2D eigenvalue weighted by Crippen LogP contribution is 2.22. The molecule has 130 valence electrons. The number of carbonyl (C=O) groups excluding carboxylic acids is 2. The van der Waals surface area contributed by atoms with Crippen molar-refractivity contribution in [2.45, 2.75) is 6.92 Å². The molecule has 0 aliphatic rings. The average Bonchev–Trinajstić information content (AvgIpc) is 2.55. The highest BCUT2D eigenvalue weighted by atomic mass is 127. The number of benzene rings is 2. The summed E-state index contributed by atoms with van der Waals surface area (Å²) in [6.07, 6.45) is 0. The molecule has 9 heteroatoms. The maximum absolute atomic E-state index is 12.4. The molecule has 0 fully saturated rings. The molecule has 0 radical (unpaired) electrons. The van der Waals surface area contributed by atoms with Gasteiger partial charge in [0, 0.05) is 33.6 Å². The number of halogens is 1. The Morgan fingerprint density at radius 2 is 1.80 bits per heavy atom. The van der Waals surface area contributed by atoms with E-state index in [1.807, 2.05) is 29.5 Å². The Morgan fingerprint density at radius 3 is 2.40 bits per heavy atom. The van der Waals surface area contributed by atoms with Gasteiger partial charge in [0.15, 0.2) is 0 Å². The normalized spacial score (nSPS) is 10.0. The molecule has 3 amide bonds. The maximum atomic E-state index is 12.4. The van der Waals surface area contributed by atoms with Gasteiger partial charge in [0.1, 0.15) is 0 Å². The van der Waals surface area contributed by atoms with Gasteiger partial charge in [0.2, 0.25) is 0 Å². The van der Waals surface area contributed by atoms with Gasteiger partial charge in [-0.3, -0.25) is 14.9 Å². The van der Waals surface area contributed by atoms with E-state index < -0.39 is 10.8 Å². The van der Waals surface area contributed by atoms with Crippen molar-refractivity contribution in [3.05, 3.63) is 61.7 Å². The van der Waals surface area contributed by atoms with Crippen LogP contribution >= 0.6 is 22.6 Å². The van der Waals surface area contributed by atoms with Crippen LogP contribution in [-0.4, -0.2) is 23.4 Å². The summed E-state index contributed by atoms with van der Waals surface area (Å²) in [5.74, 6) is -0.394. The van der Waals surface area contributed by atoms with E-state index in [0.717, 1.165) is 0 Å². The summed E-state index contributed by atoms with van der Waals surface area (Å²) >= 11 is 1.88. The number of nitrogens with one attached hydrogen (secondary N) is 3. The van der Waals surface area contributed by atoms with Gasteiger partial charge in [-0.2, -0.15) is 0 Å². The molecule has 25 heavy (non-hydrogen) atoms. The third-order valence-electron chi connectivity index (χ3n) is 3.12. The number of anilines is 2. The second-order valence-electron chi connectivity index (χ2n) is 4.94. The fourth-order valence-electron chi connectivity index (χ4n) is 2.01. The molecule has 0 aromatic heterocycles. The summed E-state index contributed by atoms with van der Waals surface area (Å²) in [5, 5.41) is 18.7.